The smallest absolute Gasteiger partial charge is 0.311 e. The van der Waals surface area contributed by atoms with Crippen molar-refractivity contribution < 1.29 is 14.3 Å². The average Bonchev–Trinajstić information content (AvgIpc) is 3.32. The van der Waals surface area contributed by atoms with Crippen LogP contribution < -0.4 is 11.1 Å². The van der Waals surface area contributed by atoms with Crippen LogP contribution >= 0.6 is 11.5 Å². The van der Waals surface area contributed by atoms with Crippen molar-refractivity contribution in [1.29, 1.82) is 5.41 Å². The third-order valence-corrected chi connectivity index (χ3v) is 5.63. The molecule has 8 nitrogen and oxygen atoms in total. The Morgan fingerprint density at radius 3 is 2.55 bits per heavy atom. The highest BCUT2D eigenvalue weighted by molar-refractivity contribution is 7.09. The zero-order valence-corrected chi connectivity index (χ0v) is 18.0. The summed E-state index contributed by atoms with van der Waals surface area (Å²) in [6, 6.07) is 13.7. The highest BCUT2D eigenvalue weighted by Gasteiger charge is 2.28. The van der Waals surface area contributed by atoms with Gasteiger partial charge in [0, 0.05) is 22.7 Å². The lowest BCUT2D eigenvalue weighted by molar-refractivity contribution is -0.146. The number of esters is 1. The fourth-order valence-corrected chi connectivity index (χ4v) is 3.72. The predicted octanol–water partition coefficient (Wildman–Crippen LogP) is 2.64. The summed E-state index contributed by atoms with van der Waals surface area (Å²) in [4.78, 5) is 29.3. The zero-order chi connectivity index (χ0) is 22.4. The highest BCUT2D eigenvalue weighted by atomic mass is 32.1. The second-order valence-electron chi connectivity index (χ2n) is 7.03. The number of nitrogens with two attached hydrogens (primary N) is 1. The molecule has 0 aliphatic rings. The van der Waals surface area contributed by atoms with Gasteiger partial charge in [-0.05, 0) is 48.6 Å². The average molecular weight is 438 g/mol. The number of amides is 1. The molecule has 0 spiro atoms. The van der Waals surface area contributed by atoms with Crippen LogP contribution in [0.1, 0.15) is 28.4 Å². The molecule has 0 radical (unpaired) electrons. The molecule has 1 heterocycles. The standard InChI is InChI=1S/C22H23N5O3S/c1-13(18(22(29)30-2)11-14-4-3-5-17(10-14)19(23)24)27-20(28)15-6-8-16(9-7-15)21-25-12-26-31-21/h3-10,12-13,18H,11H2,1-2H3,(H3,23,24)(H,27,28). The summed E-state index contributed by atoms with van der Waals surface area (Å²) in [6.45, 7) is 1.77. The number of nitrogens with one attached hydrogen (secondary N) is 2. The van der Waals surface area contributed by atoms with Crippen LogP contribution in [0.5, 0.6) is 0 Å². The molecule has 0 bridgehead atoms. The van der Waals surface area contributed by atoms with E-state index in [0.717, 1.165) is 16.1 Å². The minimum atomic E-state index is -0.600. The number of nitrogens with zero attached hydrogens (tertiary/aromatic N) is 2. The lowest BCUT2D eigenvalue weighted by Crippen LogP contribution is -2.42. The third kappa shape index (κ3) is 5.52. The quantitative estimate of drug-likeness (QED) is 0.282. The summed E-state index contributed by atoms with van der Waals surface area (Å²) in [6.07, 6.45) is 1.83. The highest BCUT2D eigenvalue weighted by Crippen LogP contribution is 2.21. The van der Waals surface area contributed by atoms with Gasteiger partial charge in [-0.2, -0.15) is 4.37 Å². The van der Waals surface area contributed by atoms with Gasteiger partial charge in [0.15, 0.2) is 0 Å². The molecule has 0 aliphatic carbocycles. The molecule has 1 aromatic heterocycles. The van der Waals surface area contributed by atoms with Crippen LogP contribution in [0.2, 0.25) is 0 Å². The van der Waals surface area contributed by atoms with Crippen molar-refractivity contribution in [3.05, 3.63) is 71.5 Å². The van der Waals surface area contributed by atoms with E-state index >= 15 is 0 Å². The third-order valence-electron chi connectivity index (χ3n) is 4.92. The van der Waals surface area contributed by atoms with Gasteiger partial charge in [-0.1, -0.05) is 30.3 Å². The van der Waals surface area contributed by atoms with Gasteiger partial charge in [-0.15, -0.1) is 0 Å². The lowest BCUT2D eigenvalue weighted by atomic mass is 9.92. The van der Waals surface area contributed by atoms with Crippen molar-refractivity contribution in [3.8, 4) is 10.6 Å². The van der Waals surface area contributed by atoms with Crippen molar-refractivity contribution >= 4 is 29.2 Å². The molecule has 9 heteroatoms. The number of nitrogen functional groups attached to an aromatic ring is 1. The molecule has 31 heavy (non-hydrogen) atoms. The maximum atomic E-state index is 12.7. The molecular weight excluding hydrogens is 414 g/mol. The van der Waals surface area contributed by atoms with E-state index in [1.54, 1.807) is 37.3 Å². The maximum Gasteiger partial charge on any atom is 0.311 e. The first-order valence-corrected chi connectivity index (χ1v) is 10.4. The first kappa shape index (κ1) is 22.1. The normalized spacial score (nSPS) is 12.6. The topological polar surface area (TPSA) is 131 Å². The van der Waals surface area contributed by atoms with Crippen LogP contribution in [0, 0.1) is 11.3 Å². The number of carbonyl (C=O) groups excluding carboxylic acids is 2. The summed E-state index contributed by atoms with van der Waals surface area (Å²) in [5.41, 5.74) is 8.31. The Labute approximate surface area is 184 Å². The second kappa shape index (κ2) is 9.94. The minimum absolute atomic E-state index is 0.0465. The van der Waals surface area contributed by atoms with Crippen molar-refractivity contribution in [3.63, 3.8) is 0 Å². The van der Waals surface area contributed by atoms with E-state index < -0.39 is 17.9 Å². The molecule has 0 saturated heterocycles. The van der Waals surface area contributed by atoms with Gasteiger partial charge in [0.25, 0.3) is 5.91 Å². The largest absolute Gasteiger partial charge is 0.469 e. The molecule has 3 aromatic rings. The van der Waals surface area contributed by atoms with Gasteiger partial charge in [0.1, 0.15) is 17.2 Å². The van der Waals surface area contributed by atoms with Gasteiger partial charge in [0.05, 0.1) is 13.0 Å². The van der Waals surface area contributed by atoms with Crippen LogP contribution in [0.3, 0.4) is 0 Å². The molecule has 160 valence electrons. The van der Waals surface area contributed by atoms with E-state index in [-0.39, 0.29) is 11.7 Å². The van der Waals surface area contributed by atoms with Crippen molar-refractivity contribution in [1.82, 2.24) is 14.7 Å². The second-order valence-corrected chi connectivity index (χ2v) is 7.81. The fourth-order valence-electron chi connectivity index (χ4n) is 3.19. The molecule has 4 N–H and O–H groups in total. The van der Waals surface area contributed by atoms with E-state index in [9.17, 15) is 9.59 Å². The monoisotopic (exact) mass is 437 g/mol. The summed E-state index contributed by atoms with van der Waals surface area (Å²) >= 11 is 1.28. The Hall–Kier alpha value is -3.59. The van der Waals surface area contributed by atoms with Crippen LogP contribution in [-0.2, 0) is 16.0 Å². The number of rotatable bonds is 8. The first-order valence-electron chi connectivity index (χ1n) is 9.58. The molecule has 2 atom stereocenters. The number of ether oxygens (including phenoxy) is 1. The van der Waals surface area contributed by atoms with Crippen LogP contribution in [0.15, 0.2) is 54.9 Å². The summed E-state index contributed by atoms with van der Waals surface area (Å²) in [7, 11) is 1.32. The maximum absolute atomic E-state index is 12.7. The number of carbonyl (C=O) groups is 2. The fraction of sp³-hybridized carbons (Fsp3) is 0.227. The van der Waals surface area contributed by atoms with Crippen LogP contribution in [-0.4, -0.2) is 40.2 Å². The van der Waals surface area contributed by atoms with Gasteiger partial charge in [0.2, 0.25) is 0 Å². The van der Waals surface area contributed by atoms with Gasteiger partial charge in [-0.25, -0.2) is 4.98 Å². The molecular formula is C22H23N5O3S. The van der Waals surface area contributed by atoms with Gasteiger partial charge >= 0.3 is 5.97 Å². The van der Waals surface area contributed by atoms with E-state index in [1.165, 1.54) is 25.0 Å². The zero-order valence-electron chi connectivity index (χ0n) is 17.2. The Kier molecular flexibility index (Phi) is 7.09. The lowest BCUT2D eigenvalue weighted by Gasteiger charge is -2.23. The molecule has 0 aliphatic heterocycles. The molecule has 2 aromatic carbocycles. The van der Waals surface area contributed by atoms with Crippen molar-refractivity contribution in [2.45, 2.75) is 19.4 Å². The molecule has 2 unspecified atom stereocenters. The van der Waals surface area contributed by atoms with E-state index in [4.69, 9.17) is 15.9 Å². The SMILES string of the molecule is COC(=O)C(Cc1cccc(C(=N)N)c1)C(C)NC(=O)c1ccc(-c2ncns2)cc1. The predicted molar refractivity (Wildman–Crippen MR) is 119 cm³/mol. The summed E-state index contributed by atoms with van der Waals surface area (Å²) < 4.78 is 8.94. The summed E-state index contributed by atoms with van der Waals surface area (Å²) in [5, 5.41) is 11.3. The van der Waals surface area contributed by atoms with E-state index in [1.807, 2.05) is 18.2 Å². The van der Waals surface area contributed by atoms with Crippen LogP contribution in [0.25, 0.3) is 10.6 Å². The van der Waals surface area contributed by atoms with E-state index in [0.29, 0.717) is 17.5 Å². The summed E-state index contributed by atoms with van der Waals surface area (Å²) in [5.74, 6) is -1.36. The Morgan fingerprint density at radius 2 is 1.94 bits per heavy atom. The van der Waals surface area contributed by atoms with Gasteiger partial charge in [-0.3, -0.25) is 15.0 Å². The van der Waals surface area contributed by atoms with Crippen molar-refractivity contribution in [2.75, 3.05) is 7.11 Å². The number of methoxy groups -OCH3 is 1. The number of benzene rings is 2. The Bertz CT molecular complexity index is 1070. The molecule has 1 amide bonds. The van der Waals surface area contributed by atoms with Gasteiger partial charge < -0.3 is 15.8 Å². The van der Waals surface area contributed by atoms with Crippen molar-refractivity contribution in [2.24, 2.45) is 11.7 Å². The molecule has 0 fully saturated rings. The number of hydrogen-bond acceptors (Lipinski definition) is 7. The minimum Gasteiger partial charge on any atom is -0.469 e. The van der Waals surface area contributed by atoms with Crippen LogP contribution in [0.4, 0.5) is 0 Å². The number of hydrogen-bond donors (Lipinski definition) is 3. The number of amidine groups is 1. The molecule has 0 saturated carbocycles. The Morgan fingerprint density at radius 1 is 1.19 bits per heavy atom. The molecule has 3 rings (SSSR count). The first-order chi connectivity index (χ1) is 14.9. The number of aromatic nitrogens is 2. The van der Waals surface area contributed by atoms with E-state index in [2.05, 4.69) is 14.7 Å². The Balaban J connectivity index is 1.72.